The number of nitrogens with zero attached hydrogens (tertiary/aromatic N) is 4. The second kappa shape index (κ2) is 6.24. The third kappa shape index (κ3) is 3.14. The van der Waals surface area contributed by atoms with Gasteiger partial charge < -0.3 is 4.90 Å². The van der Waals surface area contributed by atoms with E-state index in [-0.39, 0.29) is 29.5 Å². The number of carbonyl (C=O) groups excluding carboxylic acids is 1. The quantitative estimate of drug-likeness (QED) is 0.785. The molecule has 2 aliphatic heterocycles. The molecule has 1 aromatic rings. The molecule has 0 unspecified atom stereocenters. The Hall–Kier alpha value is -1.41. The molecule has 128 valence electrons. The highest BCUT2D eigenvalue weighted by Crippen LogP contribution is 2.28. The van der Waals surface area contributed by atoms with Crippen LogP contribution in [0.2, 0.25) is 0 Å². The van der Waals surface area contributed by atoms with Gasteiger partial charge in [0, 0.05) is 31.9 Å². The lowest BCUT2D eigenvalue weighted by molar-refractivity contribution is 0.0333. The Bertz CT molecular complexity index is 685. The Kier molecular flexibility index (Phi) is 4.46. The number of carbonyl (C=O) groups is 1. The van der Waals surface area contributed by atoms with Gasteiger partial charge in [0.15, 0.2) is 9.84 Å². The minimum Gasteiger partial charge on any atom is -0.332 e. The van der Waals surface area contributed by atoms with Gasteiger partial charge in [-0.15, -0.1) is 0 Å². The summed E-state index contributed by atoms with van der Waals surface area (Å²) in [6.07, 6.45) is 4.29. The van der Waals surface area contributed by atoms with Crippen molar-refractivity contribution in [1.82, 2.24) is 19.6 Å². The first kappa shape index (κ1) is 16.4. The summed E-state index contributed by atoms with van der Waals surface area (Å²) in [5.74, 6) is 0.134. The molecule has 0 spiro atoms. The fourth-order valence-corrected chi connectivity index (χ4v) is 5.67. The van der Waals surface area contributed by atoms with Crippen LogP contribution in [-0.4, -0.2) is 77.1 Å². The first-order chi connectivity index (χ1) is 10.9. The summed E-state index contributed by atoms with van der Waals surface area (Å²) in [7, 11) is -3.08. The van der Waals surface area contributed by atoms with Gasteiger partial charge in [0.25, 0.3) is 5.91 Å². The number of fused-ring (bicyclic) bond motifs is 1. The van der Waals surface area contributed by atoms with Crippen molar-refractivity contribution in [3.8, 4) is 0 Å². The van der Waals surface area contributed by atoms with Crippen molar-refractivity contribution in [2.24, 2.45) is 0 Å². The lowest BCUT2D eigenvalue weighted by atomic mass is 10.0. The maximum atomic E-state index is 12.8. The van der Waals surface area contributed by atoms with Crippen LogP contribution in [0.5, 0.6) is 0 Å². The lowest BCUT2D eigenvalue weighted by Crippen LogP contribution is -2.60. The van der Waals surface area contributed by atoms with E-state index in [4.69, 9.17) is 0 Å². The molecule has 0 aliphatic carbocycles. The highest BCUT2D eigenvalue weighted by atomic mass is 32.2. The molecule has 0 radical (unpaired) electrons. The van der Waals surface area contributed by atoms with Gasteiger partial charge in [-0.25, -0.2) is 8.42 Å². The number of amides is 1. The van der Waals surface area contributed by atoms with E-state index in [2.05, 4.69) is 16.9 Å². The second-order valence-corrected chi connectivity index (χ2v) is 8.48. The Morgan fingerprint density at radius 3 is 2.65 bits per heavy atom. The van der Waals surface area contributed by atoms with E-state index in [1.54, 1.807) is 22.0 Å². The van der Waals surface area contributed by atoms with Crippen molar-refractivity contribution in [2.75, 3.05) is 31.1 Å². The van der Waals surface area contributed by atoms with Crippen LogP contribution in [0.4, 0.5) is 0 Å². The van der Waals surface area contributed by atoms with Crippen LogP contribution in [-0.2, 0) is 16.4 Å². The normalized spacial score (nSPS) is 27.1. The molecule has 0 aromatic carbocycles. The van der Waals surface area contributed by atoms with Gasteiger partial charge in [-0.2, -0.15) is 5.10 Å². The van der Waals surface area contributed by atoms with Gasteiger partial charge >= 0.3 is 0 Å². The molecule has 0 bridgehead atoms. The topological polar surface area (TPSA) is 75.5 Å². The Labute approximate surface area is 137 Å². The zero-order valence-electron chi connectivity index (χ0n) is 13.7. The first-order valence-corrected chi connectivity index (χ1v) is 10.0. The van der Waals surface area contributed by atoms with Gasteiger partial charge in [-0.05, 0) is 19.9 Å². The number of piperazine rings is 1. The van der Waals surface area contributed by atoms with Crippen molar-refractivity contribution in [3.05, 3.63) is 18.0 Å². The first-order valence-electron chi connectivity index (χ1n) is 8.23. The second-order valence-electron chi connectivity index (χ2n) is 6.33. The van der Waals surface area contributed by atoms with Crippen LogP contribution in [0.1, 0.15) is 30.6 Å². The van der Waals surface area contributed by atoms with Crippen LogP contribution in [0.25, 0.3) is 0 Å². The number of aryl methyl sites for hydroxylation is 1. The van der Waals surface area contributed by atoms with E-state index in [1.165, 1.54) is 0 Å². The van der Waals surface area contributed by atoms with Crippen LogP contribution >= 0.6 is 0 Å². The van der Waals surface area contributed by atoms with Gasteiger partial charge in [-0.3, -0.25) is 14.4 Å². The average Bonchev–Trinajstić information content (AvgIpc) is 3.10. The zero-order chi connectivity index (χ0) is 16.6. The third-order valence-electron chi connectivity index (χ3n) is 4.77. The molecule has 0 saturated carbocycles. The fraction of sp³-hybridized carbons (Fsp3) is 0.733. The molecule has 23 heavy (non-hydrogen) atoms. The number of hydrogen-bond acceptors (Lipinski definition) is 5. The van der Waals surface area contributed by atoms with Gasteiger partial charge in [0.05, 0.1) is 29.3 Å². The van der Waals surface area contributed by atoms with Crippen molar-refractivity contribution in [1.29, 1.82) is 0 Å². The SMILES string of the molecule is CCCN1CCN(C(=O)c2cnn(CC)c2)[C@H]2CS(=O)(=O)C[C@H]21. The molecule has 2 aliphatic rings. The molecule has 2 saturated heterocycles. The zero-order valence-corrected chi connectivity index (χ0v) is 14.5. The minimum absolute atomic E-state index is 0.0705. The highest BCUT2D eigenvalue weighted by molar-refractivity contribution is 7.91. The van der Waals surface area contributed by atoms with Gasteiger partial charge in [0.1, 0.15) is 0 Å². The summed E-state index contributed by atoms with van der Waals surface area (Å²) in [6, 6.07) is -0.309. The monoisotopic (exact) mass is 340 g/mol. The Morgan fingerprint density at radius 2 is 2.00 bits per heavy atom. The smallest absolute Gasteiger partial charge is 0.257 e. The number of aromatic nitrogens is 2. The summed E-state index contributed by atoms with van der Waals surface area (Å²) in [4.78, 5) is 16.8. The molecular weight excluding hydrogens is 316 g/mol. The van der Waals surface area contributed by atoms with Crippen molar-refractivity contribution < 1.29 is 13.2 Å². The molecule has 3 rings (SSSR count). The van der Waals surface area contributed by atoms with Crippen LogP contribution in [0, 0.1) is 0 Å². The summed E-state index contributed by atoms with van der Waals surface area (Å²) < 4.78 is 26.0. The Morgan fingerprint density at radius 1 is 1.26 bits per heavy atom. The molecular formula is C15H24N4O3S. The molecule has 0 N–H and O–H groups in total. The fourth-order valence-electron chi connectivity index (χ4n) is 3.65. The predicted octanol–water partition coefficient (Wildman–Crippen LogP) is 0.236. The lowest BCUT2D eigenvalue weighted by Gasteiger charge is -2.43. The molecule has 8 heteroatoms. The Balaban J connectivity index is 1.84. The number of sulfone groups is 1. The van der Waals surface area contributed by atoms with E-state index < -0.39 is 9.84 Å². The number of rotatable bonds is 4. The van der Waals surface area contributed by atoms with E-state index in [1.807, 2.05) is 6.92 Å². The van der Waals surface area contributed by atoms with E-state index in [0.717, 1.165) is 19.5 Å². The molecule has 2 atom stereocenters. The van der Waals surface area contributed by atoms with Crippen LogP contribution in [0.15, 0.2) is 12.4 Å². The average molecular weight is 340 g/mol. The molecule has 1 amide bonds. The largest absolute Gasteiger partial charge is 0.332 e. The van der Waals surface area contributed by atoms with E-state index in [0.29, 0.717) is 18.7 Å². The highest BCUT2D eigenvalue weighted by Gasteiger charge is 2.47. The maximum Gasteiger partial charge on any atom is 0.257 e. The summed E-state index contributed by atoms with van der Waals surface area (Å²) in [5, 5.41) is 4.15. The van der Waals surface area contributed by atoms with Crippen molar-refractivity contribution in [2.45, 2.75) is 38.9 Å². The van der Waals surface area contributed by atoms with E-state index >= 15 is 0 Å². The minimum atomic E-state index is -3.08. The standard InChI is InChI=1S/C15H24N4O3S/c1-3-5-17-6-7-19(14-11-23(21,22)10-13(14)17)15(20)12-8-16-18(4-2)9-12/h8-9,13-14H,3-7,10-11H2,1-2H3/t13-,14+/m1/s1. The molecule has 7 nitrogen and oxygen atoms in total. The maximum absolute atomic E-state index is 12.8. The van der Waals surface area contributed by atoms with Crippen molar-refractivity contribution >= 4 is 15.7 Å². The van der Waals surface area contributed by atoms with Crippen molar-refractivity contribution in [3.63, 3.8) is 0 Å². The predicted molar refractivity (Wildman–Crippen MR) is 87.0 cm³/mol. The summed E-state index contributed by atoms with van der Waals surface area (Å²) >= 11 is 0. The van der Waals surface area contributed by atoms with Crippen LogP contribution in [0.3, 0.4) is 0 Å². The van der Waals surface area contributed by atoms with Gasteiger partial charge in [-0.1, -0.05) is 6.92 Å². The third-order valence-corrected chi connectivity index (χ3v) is 6.47. The molecule has 3 heterocycles. The molecule has 2 fully saturated rings. The summed E-state index contributed by atoms with van der Waals surface area (Å²) in [5.41, 5.74) is 0.541. The molecule has 1 aromatic heterocycles. The summed E-state index contributed by atoms with van der Waals surface area (Å²) in [6.45, 7) is 6.95. The van der Waals surface area contributed by atoms with Crippen LogP contribution < -0.4 is 0 Å². The van der Waals surface area contributed by atoms with Gasteiger partial charge in [0.2, 0.25) is 0 Å². The van der Waals surface area contributed by atoms with E-state index in [9.17, 15) is 13.2 Å². The number of hydrogen-bond donors (Lipinski definition) is 0.